The van der Waals surface area contributed by atoms with E-state index in [1.54, 1.807) is 44.6 Å². The van der Waals surface area contributed by atoms with E-state index in [9.17, 15) is 4.79 Å². The van der Waals surface area contributed by atoms with Gasteiger partial charge in [-0.1, -0.05) is 6.07 Å². The number of hydrogen-bond donors (Lipinski definition) is 0. The number of fused-ring (bicyclic) bond motifs is 1. The molecule has 6 heteroatoms. The first-order valence-electron chi connectivity index (χ1n) is 7.95. The molecule has 2 aromatic carbocycles. The van der Waals surface area contributed by atoms with Crippen molar-refractivity contribution in [2.45, 2.75) is 0 Å². The highest BCUT2D eigenvalue weighted by Gasteiger charge is 2.24. The lowest BCUT2D eigenvalue weighted by Gasteiger charge is -2.10. The quantitative estimate of drug-likeness (QED) is 0.621. The lowest BCUT2D eigenvalue weighted by Crippen LogP contribution is -1.98. The first kappa shape index (κ1) is 16.1. The molecule has 6 nitrogen and oxygen atoms in total. The van der Waals surface area contributed by atoms with E-state index in [2.05, 4.69) is 0 Å². The van der Waals surface area contributed by atoms with E-state index in [1.807, 2.05) is 18.2 Å². The molecule has 0 bridgehead atoms. The van der Waals surface area contributed by atoms with Gasteiger partial charge in [0.2, 0.25) is 6.79 Å². The van der Waals surface area contributed by atoms with Crippen LogP contribution in [0.25, 0.3) is 11.8 Å². The molecule has 2 aliphatic rings. The molecule has 0 amide bonds. The Balaban J connectivity index is 1.67. The fraction of sp³-hybridized carbons (Fsp3) is 0.150. The van der Waals surface area contributed by atoms with E-state index in [1.165, 1.54) is 0 Å². The monoisotopic (exact) mass is 352 g/mol. The van der Waals surface area contributed by atoms with Gasteiger partial charge in [-0.3, -0.25) is 0 Å². The summed E-state index contributed by atoms with van der Waals surface area (Å²) in [4.78, 5) is 12.3. The van der Waals surface area contributed by atoms with Gasteiger partial charge in [0.25, 0.3) is 0 Å². The Morgan fingerprint density at radius 1 is 1.00 bits per heavy atom. The highest BCUT2D eigenvalue weighted by atomic mass is 16.7. The van der Waals surface area contributed by atoms with Gasteiger partial charge in [-0.05, 0) is 42.0 Å². The first-order valence-corrected chi connectivity index (χ1v) is 7.95. The summed E-state index contributed by atoms with van der Waals surface area (Å²) in [6.07, 6.45) is 3.44. The predicted molar refractivity (Wildman–Crippen MR) is 94.2 cm³/mol. The smallest absolute Gasteiger partial charge is 0.343 e. The summed E-state index contributed by atoms with van der Waals surface area (Å²) in [5, 5.41) is 0. The second-order valence-electron chi connectivity index (χ2n) is 5.68. The summed E-state index contributed by atoms with van der Waals surface area (Å²) in [6.45, 7) is 0.207. The average molecular weight is 352 g/mol. The summed E-state index contributed by atoms with van der Waals surface area (Å²) in [5.74, 6) is 2.59. The van der Waals surface area contributed by atoms with E-state index in [0.717, 1.165) is 5.56 Å². The van der Waals surface area contributed by atoms with E-state index in [4.69, 9.17) is 23.7 Å². The lowest BCUT2D eigenvalue weighted by molar-refractivity contribution is -0.130. The van der Waals surface area contributed by atoms with Gasteiger partial charge in [0.1, 0.15) is 17.3 Å². The Bertz CT molecular complexity index is 941. The average Bonchev–Trinajstić information content (AvgIpc) is 3.27. The SMILES string of the molecule is COc1ccc(C2=C/C(=C\c3ccc4c(c3)OCO4)C(=O)O2)c(OC)c1. The predicted octanol–water partition coefficient (Wildman–Crippen LogP) is 3.41. The normalized spacial score (nSPS) is 16.5. The van der Waals surface area contributed by atoms with Crippen LogP contribution in [0.5, 0.6) is 23.0 Å². The van der Waals surface area contributed by atoms with Gasteiger partial charge < -0.3 is 23.7 Å². The lowest BCUT2D eigenvalue weighted by atomic mass is 10.1. The van der Waals surface area contributed by atoms with Crippen LogP contribution < -0.4 is 18.9 Å². The summed E-state index contributed by atoms with van der Waals surface area (Å²) in [5.41, 5.74) is 1.94. The molecule has 132 valence electrons. The molecule has 2 aromatic rings. The van der Waals surface area contributed by atoms with Crippen molar-refractivity contribution < 1.29 is 28.5 Å². The van der Waals surface area contributed by atoms with E-state index >= 15 is 0 Å². The molecule has 0 saturated heterocycles. The Labute approximate surface area is 150 Å². The zero-order valence-corrected chi connectivity index (χ0v) is 14.3. The molecule has 0 radical (unpaired) electrons. The number of hydrogen-bond acceptors (Lipinski definition) is 6. The van der Waals surface area contributed by atoms with Crippen molar-refractivity contribution in [3.8, 4) is 23.0 Å². The summed E-state index contributed by atoms with van der Waals surface area (Å²) < 4.78 is 26.6. The first-order chi connectivity index (χ1) is 12.7. The second kappa shape index (κ2) is 6.48. The zero-order chi connectivity index (χ0) is 18.1. The standard InChI is InChI=1S/C20H16O6/c1-22-14-4-5-15(17(10-14)23-2)18-9-13(20(21)26-18)7-12-3-6-16-19(8-12)25-11-24-16/h3-10H,11H2,1-2H3/b13-7+. The van der Waals surface area contributed by atoms with Gasteiger partial charge in [0.05, 0.1) is 25.4 Å². The third-order valence-electron chi connectivity index (χ3n) is 4.12. The number of rotatable bonds is 4. The van der Waals surface area contributed by atoms with E-state index < -0.39 is 5.97 Å². The van der Waals surface area contributed by atoms with E-state index in [-0.39, 0.29) is 6.79 Å². The van der Waals surface area contributed by atoms with Crippen molar-refractivity contribution in [1.29, 1.82) is 0 Å². The summed E-state index contributed by atoms with van der Waals surface area (Å²) in [7, 11) is 3.13. The van der Waals surface area contributed by atoms with Gasteiger partial charge in [-0.15, -0.1) is 0 Å². The van der Waals surface area contributed by atoms with Crippen LogP contribution in [0.2, 0.25) is 0 Å². The molecule has 2 aliphatic heterocycles. The number of carbonyl (C=O) groups excluding carboxylic acids is 1. The summed E-state index contributed by atoms with van der Waals surface area (Å²) >= 11 is 0. The maximum atomic E-state index is 12.3. The number of cyclic esters (lactones) is 1. The van der Waals surface area contributed by atoms with E-state index in [0.29, 0.717) is 39.9 Å². The molecule has 0 fully saturated rings. The van der Waals surface area contributed by atoms with Gasteiger partial charge in [0, 0.05) is 6.07 Å². The molecule has 0 aromatic heterocycles. The van der Waals surface area contributed by atoms with Crippen molar-refractivity contribution in [2.75, 3.05) is 21.0 Å². The van der Waals surface area contributed by atoms with Crippen LogP contribution in [0.4, 0.5) is 0 Å². The van der Waals surface area contributed by atoms with Crippen molar-refractivity contribution >= 4 is 17.8 Å². The largest absolute Gasteiger partial charge is 0.497 e. The fourth-order valence-electron chi connectivity index (χ4n) is 2.81. The Kier molecular flexibility index (Phi) is 4.01. The number of ether oxygens (including phenoxy) is 5. The topological polar surface area (TPSA) is 63.2 Å². The molecular weight excluding hydrogens is 336 g/mol. The van der Waals surface area contributed by atoms with Crippen LogP contribution in [0.3, 0.4) is 0 Å². The molecule has 0 atom stereocenters. The number of methoxy groups -OCH3 is 2. The molecule has 0 aliphatic carbocycles. The van der Waals surface area contributed by atoms with Gasteiger partial charge >= 0.3 is 5.97 Å². The minimum Gasteiger partial charge on any atom is -0.497 e. The van der Waals surface area contributed by atoms with Crippen LogP contribution in [-0.4, -0.2) is 27.0 Å². The third kappa shape index (κ3) is 2.86. The molecule has 4 rings (SSSR count). The molecule has 0 spiro atoms. The minimum atomic E-state index is -0.421. The molecule has 2 heterocycles. The highest BCUT2D eigenvalue weighted by molar-refractivity contribution is 6.05. The highest BCUT2D eigenvalue weighted by Crippen LogP contribution is 2.36. The molecule has 0 saturated carbocycles. The number of carbonyl (C=O) groups is 1. The van der Waals surface area contributed by atoms with Crippen LogP contribution >= 0.6 is 0 Å². The maximum absolute atomic E-state index is 12.3. The van der Waals surface area contributed by atoms with Gasteiger partial charge in [-0.25, -0.2) is 4.79 Å². The zero-order valence-electron chi connectivity index (χ0n) is 14.3. The second-order valence-corrected chi connectivity index (χ2v) is 5.68. The Hall–Kier alpha value is -3.41. The van der Waals surface area contributed by atoms with Gasteiger partial charge in [-0.2, -0.15) is 0 Å². The van der Waals surface area contributed by atoms with Crippen LogP contribution in [-0.2, 0) is 9.53 Å². The van der Waals surface area contributed by atoms with Crippen molar-refractivity contribution in [3.63, 3.8) is 0 Å². The Morgan fingerprint density at radius 2 is 1.85 bits per heavy atom. The van der Waals surface area contributed by atoms with Crippen LogP contribution in [0.1, 0.15) is 11.1 Å². The minimum absolute atomic E-state index is 0.207. The fourth-order valence-corrected chi connectivity index (χ4v) is 2.81. The van der Waals surface area contributed by atoms with Crippen LogP contribution in [0.15, 0.2) is 48.0 Å². The van der Waals surface area contributed by atoms with Gasteiger partial charge in [0.15, 0.2) is 11.5 Å². The number of benzene rings is 2. The summed E-state index contributed by atoms with van der Waals surface area (Å²) in [6, 6.07) is 10.8. The molecule has 0 unspecified atom stereocenters. The molecule has 0 N–H and O–H groups in total. The van der Waals surface area contributed by atoms with Crippen molar-refractivity contribution in [3.05, 3.63) is 59.2 Å². The molecular formula is C20H16O6. The Morgan fingerprint density at radius 3 is 2.65 bits per heavy atom. The van der Waals surface area contributed by atoms with Crippen molar-refractivity contribution in [2.24, 2.45) is 0 Å². The maximum Gasteiger partial charge on any atom is 0.343 e. The number of esters is 1. The van der Waals surface area contributed by atoms with Crippen molar-refractivity contribution in [1.82, 2.24) is 0 Å². The van der Waals surface area contributed by atoms with Crippen LogP contribution in [0, 0.1) is 0 Å². The molecule has 26 heavy (non-hydrogen) atoms. The third-order valence-corrected chi connectivity index (χ3v) is 4.12.